The molecule has 1 aromatic rings. The SMILES string of the molecule is CCN(CC)S(=O)(=O)c1ccc(O[C@@H](C)C#N)c([N+](=O)[O-])c1. The molecule has 0 N–H and O–H groups in total. The zero-order valence-corrected chi connectivity index (χ0v) is 13.3. The lowest BCUT2D eigenvalue weighted by Crippen LogP contribution is -2.30. The number of nitro benzene ring substituents is 1. The standard InChI is InChI=1S/C13H17N3O5S/c1-4-15(5-2)22(19,20)11-6-7-13(21-10(3)9-14)12(8-11)16(17)18/h6-8,10H,4-5H2,1-3H3/t10-/m0/s1. The van der Waals surface area contributed by atoms with Crippen molar-refractivity contribution in [2.45, 2.75) is 31.8 Å². The molecule has 9 heteroatoms. The van der Waals surface area contributed by atoms with Gasteiger partial charge in [-0.3, -0.25) is 10.1 Å². The summed E-state index contributed by atoms with van der Waals surface area (Å²) in [6.45, 7) is 5.32. The van der Waals surface area contributed by atoms with E-state index in [0.29, 0.717) is 0 Å². The van der Waals surface area contributed by atoms with Crippen LogP contribution in [-0.4, -0.2) is 36.8 Å². The van der Waals surface area contributed by atoms with E-state index in [-0.39, 0.29) is 23.7 Å². The fourth-order valence-electron chi connectivity index (χ4n) is 1.83. The normalized spacial score (nSPS) is 12.7. The molecule has 0 saturated carbocycles. The first-order valence-electron chi connectivity index (χ1n) is 6.62. The Hall–Kier alpha value is -2.18. The maximum atomic E-state index is 12.4. The summed E-state index contributed by atoms with van der Waals surface area (Å²) in [6, 6.07) is 5.17. The number of hydrogen-bond acceptors (Lipinski definition) is 6. The maximum absolute atomic E-state index is 12.4. The number of ether oxygens (including phenoxy) is 1. The van der Waals surface area contributed by atoms with Gasteiger partial charge in [-0.1, -0.05) is 13.8 Å². The summed E-state index contributed by atoms with van der Waals surface area (Å²) < 4.78 is 31.1. The van der Waals surface area contributed by atoms with Crippen LogP contribution in [0, 0.1) is 21.4 Å². The number of rotatable bonds is 7. The van der Waals surface area contributed by atoms with Gasteiger partial charge in [0.25, 0.3) is 0 Å². The van der Waals surface area contributed by atoms with Crippen molar-refractivity contribution in [2.75, 3.05) is 13.1 Å². The van der Waals surface area contributed by atoms with Crippen molar-refractivity contribution >= 4 is 15.7 Å². The quantitative estimate of drug-likeness (QED) is 0.558. The summed E-state index contributed by atoms with van der Waals surface area (Å²) in [6.07, 6.45) is -0.885. The van der Waals surface area contributed by atoms with Crippen LogP contribution in [0.1, 0.15) is 20.8 Å². The predicted octanol–water partition coefficient (Wildman–Crippen LogP) is 1.92. The molecule has 8 nitrogen and oxygen atoms in total. The molecule has 0 radical (unpaired) electrons. The molecule has 0 aliphatic rings. The van der Waals surface area contributed by atoms with Gasteiger partial charge in [0, 0.05) is 19.2 Å². The Labute approximate surface area is 129 Å². The van der Waals surface area contributed by atoms with Crippen LogP contribution in [0.4, 0.5) is 5.69 Å². The average Bonchev–Trinajstić information content (AvgIpc) is 2.47. The van der Waals surface area contributed by atoms with Crippen LogP contribution < -0.4 is 4.74 Å². The Kier molecular flexibility index (Phi) is 5.84. The first-order chi connectivity index (χ1) is 10.3. The summed E-state index contributed by atoms with van der Waals surface area (Å²) in [4.78, 5) is 10.2. The lowest BCUT2D eigenvalue weighted by molar-refractivity contribution is -0.386. The fourth-order valence-corrected chi connectivity index (χ4v) is 3.31. The molecule has 1 rings (SSSR count). The number of nitriles is 1. The molecular weight excluding hydrogens is 310 g/mol. The molecular formula is C13H17N3O5S. The molecule has 0 amide bonds. The Morgan fingerprint density at radius 1 is 1.41 bits per heavy atom. The van der Waals surface area contributed by atoms with Gasteiger partial charge in [0.05, 0.1) is 9.82 Å². The van der Waals surface area contributed by atoms with E-state index in [0.717, 1.165) is 6.07 Å². The van der Waals surface area contributed by atoms with Gasteiger partial charge in [-0.2, -0.15) is 9.57 Å². The van der Waals surface area contributed by atoms with Gasteiger partial charge in [-0.15, -0.1) is 0 Å². The number of nitro groups is 1. The van der Waals surface area contributed by atoms with Gasteiger partial charge < -0.3 is 4.74 Å². The minimum absolute atomic E-state index is 0.141. The third-order valence-electron chi connectivity index (χ3n) is 2.96. The first-order valence-corrected chi connectivity index (χ1v) is 8.06. The minimum atomic E-state index is -3.80. The smallest absolute Gasteiger partial charge is 0.312 e. The highest BCUT2D eigenvalue weighted by atomic mass is 32.2. The van der Waals surface area contributed by atoms with Crippen molar-refractivity contribution in [1.82, 2.24) is 4.31 Å². The van der Waals surface area contributed by atoms with Gasteiger partial charge in [0.2, 0.25) is 10.0 Å². The van der Waals surface area contributed by atoms with Crippen molar-refractivity contribution < 1.29 is 18.1 Å². The first kappa shape index (κ1) is 17.9. The highest BCUT2D eigenvalue weighted by Crippen LogP contribution is 2.31. The Morgan fingerprint density at radius 2 is 2.00 bits per heavy atom. The maximum Gasteiger partial charge on any atom is 0.312 e. The van der Waals surface area contributed by atoms with Crippen LogP contribution in [0.3, 0.4) is 0 Å². The average molecular weight is 327 g/mol. The molecule has 0 unspecified atom stereocenters. The van der Waals surface area contributed by atoms with Gasteiger partial charge in [0.1, 0.15) is 6.07 Å². The van der Waals surface area contributed by atoms with Crippen LogP contribution >= 0.6 is 0 Å². The number of benzene rings is 1. The highest BCUT2D eigenvalue weighted by molar-refractivity contribution is 7.89. The molecule has 1 aromatic carbocycles. The van der Waals surface area contributed by atoms with Gasteiger partial charge >= 0.3 is 5.69 Å². The van der Waals surface area contributed by atoms with E-state index in [1.165, 1.54) is 23.4 Å². The van der Waals surface area contributed by atoms with Crippen molar-refractivity contribution in [3.63, 3.8) is 0 Å². The van der Waals surface area contributed by atoms with Crippen LogP contribution in [-0.2, 0) is 10.0 Å². The van der Waals surface area contributed by atoms with E-state index in [1.807, 2.05) is 0 Å². The second-order valence-corrected chi connectivity index (χ2v) is 6.30. The second kappa shape index (κ2) is 7.20. The van der Waals surface area contributed by atoms with Crippen molar-refractivity contribution in [3.8, 4) is 11.8 Å². The summed E-state index contributed by atoms with van der Waals surface area (Å²) >= 11 is 0. The van der Waals surface area contributed by atoms with E-state index >= 15 is 0 Å². The summed E-state index contributed by atoms with van der Waals surface area (Å²) in [5.74, 6) is -0.141. The third kappa shape index (κ3) is 3.72. The second-order valence-electron chi connectivity index (χ2n) is 4.37. The Balaban J connectivity index is 3.35. The van der Waals surface area contributed by atoms with Crippen LogP contribution in [0.5, 0.6) is 5.75 Å². The largest absolute Gasteiger partial charge is 0.469 e. The molecule has 0 spiro atoms. The molecule has 0 bridgehead atoms. The van der Waals surface area contributed by atoms with Crippen molar-refractivity contribution in [2.24, 2.45) is 0 Å². The molecule has 0 saturated heterocycles. The van der Waals surface area contributed by atoms with E-state index < -0.39 is 26.7 Å². The monoisotopic (exact) mass is 327 g/mol. The summed E-state index contributed by atoms with van der Waals surface area (Å²) in [5, 5.41) is 19.8. The zero-order valence-electron chi connectivity index (χ0n) is 12.5. The minimum Gasteiger partial charge on any atom is -0.469 e. The van der Waals surface area contributed by atoms with Crippen LogP contribution in [0.25, 0.3) is 0 Å². The van der Waals surface area contributed by atoms with E-state index in [2.05, 4.69) is 0 Å². The molecule has 0 aromatic heterocycles. The van der Waals surface area contributed by atoms with E-state index in [9.17, 15) is 18.5 Å². The number of sulfonamides is 1. The topological polar surface area (TPSA) is 114 Å². The third-order valence-corrected chi connectivity index (χ3v) is 5.00. The van der Waals surface area contributed by atoms with Crippen molar-refractivity contribution in [1.29, 1.82) is 5.26 Å². The molecule has 1 atom stereocenters. The zero-order chi connectivity index (χ0) is 16.9. The van der Waals surface area contributed by atoms with Gasteiger partial charge in [-0.05, 0) is 19.1 Å². The molecule has 22 heavy (non-hydrogen) atoms. The Bertz CT molecular complexity index is 692. The number of hydrogen-bond donors (Lipinski definition) is 0. The predicted molar refractivity (Wildman–Crippen MR) is 78.9 cm³/mol. The van der Waals surface area contributed by atoms with E-state index in [4.69, 9.17) is 10.00 Å². The van der Waals surface area contributed by atoms with Crippen molar-refractivity contribution in [3.05, 3.63) is 28.3 Å². The van der Waals surface area contributed by atoms with Gasteiger partial charge in [0.15, 0.2) is 11.9 Å². The van der Waals surface area contributed by atoms with Crippen LogP contribution in [0.15, 0.2) is 23.1 Å². The fraction of sp³-hybridized carbons (Fsp3) is 0.462. The molecule has 0 heterocycles. The van der Waals surface area contributed by atoms with E-state index in [1.54, 1.807) is 19.9 Å². The molecule has 0 fully saturated rings. The number of nitrogens with zero attached hydrogens (tertiary/aromatic N) is 3. The highest BCUT2D eigenvalue weighted by Gasteiger charge is 2.26. The lowest BCUT2D eigenvalue weighted by Gasteiger charge is -2.18. The molecule has 0 aliphatic carbocycles. The Morgan fingerprint density at radius 3 is 2.45 bits per heavy atom. The molecule has 0 aliphatic heterocycles. The van der Waals surface area contributed by atoms with Crippen LogP contribution in [0.2, 0.25) is 0 Å². The summed E-state index contributed by atoms with van der Waals surface area (Å²) in [5.41, 5.74) is -0.490. The van der Waals surface area contributed by atoms with Gasteiger partial charge in [-0.25, -0.2) is 8.42 Å². The summed E-state index contributed by atoms with van der Waals surface area (Å²) in [7, 11) is -3.80. The lowest BCUT2D eigenvalue weighted by atomic mass is 10.3. The molecule has 120 valence electrons.